The molecule has 7 nitrogen and oxygen atoms in total. The number of urea groups is 1. The van der Waals surface area contributed by atoms with E-state index in [1.165, 1.54) is 12.1 Å². The Kier molecular flexibility index (Phi) is 5.56. The van der Waals surface area contributed by atoms with Gasteiger partial charge in [0, 0.05) is 31.9 Å². The van der Waals surface area contributed by atoms with Gasteiger partial charge in [0.15, 0.2) is 5.75 Å². The van der Waals surface area contributed by atoms with E-state index in [0.717, 1.165) is 17.1 Å². The summed E-state index contributed by atoms with van der Waals surface area (Å²) in [6, 6.07) is 18.9. The first-order chi connectivity index (χ1) is 16.1. The largest absolute Gasteiger partial charge is 0.497 e. The average Bonchev–Trinajstić information content (AvgIpc) is 3.00. The summed E-state index contributed by atoms with van der Waals surface area (Å²) in [5, 5.41) is 2.76. The van der Waals surface area contributed by atoms with Gasteiger partial charge in [0.05, 0.1) is 12.7 Å². The zero-order chi connectivity index (χ0) is 22.8. The average molecular weight is 446 g/mol. The standard InChI is InChI=1S/C25H23FN4O3/c1-32-19-9-10-22-20(16-19)24(28-21-7-2-3-8-23(21)33-22)29-11-13-30(14-12-29)25(31)27-18-6-4-5-17(26)15-18/h2-10,15-16H,11-14H2,1H3,(H,27,31). The molecular weight excluding hydrogens is 423 g/mol. The number of carbonyl (C=O) groups excluding carboxylic acids is 1. The maximum absolute atomic E-state index is 13.4. The lowest BCUT2D eigenvalue weighted by Gasteiger charge is -2.36. The van der Waals surface area contributed by atoms with Gasteiger partial charge >= 0.3 is 6.03 Å². The summed E-state index contributed by atoms with van der Waals surface area (Å²) in [7, 11) is 1.63. The van der Waals surface area contributed by atoms with Gasteiger partial charge in [0.1, 0.15) is 28.8 Å². The van der Waals surface area contributed by atoms with Gasteiger partial charge < -0.3 is 24.6 Å². The number of methoxy groups -OCH3 is 1. The number of anilines is 1. The predicted octanol–water partition coefficient (Wildman–Crippen LogP) is 4.87. The Labute approximate surface area is 191 Å². The topological polar surface area (TPSA) is 66.4 Å². The summed E-state index contributed by atoms with van der Waals surface area (Å²) in [6.07, 6.45) is 0. The third-order valence-corrected chi connectivity index (χ3v) is 5.68. The minimum atomic E-state index is -0.388. The van der Waals surface area contributed by atoms with E-state index < -0.39 is 0 Å². The van der Waals surface area contributed by atoms with Crippen molar-refractivity contribution >= 4 is 23.2 Å². The summed E-state index contributed by atoms with van der Waals surface area (Å²) in [5.74, 6) is 2.49. The number of halogens is 1. The number of rotatable bonds is 2. The Morgan fingerprint density at radius 1 is 1.00 bits per heavy atom. The molecule has 5 rings (SSSR count). The fraction of sp³-hybridized carbons (Fsp3) is 0.200. The van der Waals surface area contributed by atoms with Crippen LogP contribution in [0.1, 0.15) is 5.56 Å². The van der Waals surface area contributed by atoms with Crippen LogP contribution in [-0.2, 0) is 0 Å². The second-order valence-electron chi connectivity index (χ2n) is 7.78. The normalized spacial score (nSPS) is 14.9. The van der Waals surface area contributed by atoms with E-state index in [2.05, 4.69) is 10.2 Å². The minimum absolute atomic E-state index is 0.251. The molecule has 3 aromatic carbocycles. The number of amides is 2. The molecule has 0 spiro atoms. The van der Waals surface area contributed by atoms with Crippen molar-refractivity contribution in [1.29, 1.82) is 0 Å². The molecule has 2 aliphatic rings. The lowest BCUT2D eigenvalue weighted by molar-refractivity contribution is 0.181. The van der Waals surface area contributed by atoms with Crippen molar-refractivity contribution < 1.29 is 18.7 Å². The Balaban J connectivity index is 1.37. The highest BCUT2D eigenvalue weighted by Crippen LogP contribution is 2.39. The number of fused-ring (bicyclic) bond motifs is 2. The Morgan fingerprint density at radius 3 is 2.61 bits per heavy atom. The number of carbonyl (C=O) groups is 1. The number of nitrogens with zero attached hydrogens (tertiary/aromatic N) is 3. The van der Waals surface area contributed by atoms with E-state index in [9.17, 15) is 9.18 Å². The van der Waals surface area contributed by atoms with Crippen LogP contribution in [-0.4, -0.2) is 55.0 Å². The third kappa shape index (κ3) is 4.32. The predicted molar refractivity (Wildman–Crippen MR) is 124 cm³/mol. The highest BCUT2D eigenvalue weighted by molar-refractivity contribution is 6.04. The molecule has 33 heavy (non-hydrogen) atoms. The van der Waals surface area contributed by atoms with Crippen molar-refractivity contribution in [3.63, 3.8) is 0 Å². The molecule has 0 unspecified atom stereocenters. The van der Waals surface area contributed by atoms with E-state index in [1.54, 1.807) is 24.1 Å². The van der Waals surface area contributed by atoms with Gasteiger partial charge in [0.25, 0.3) is 0 Å². The van der Waals surface area contributed by atoms with E-state index in [-0.39, 0.29) is 11.8 Å². The first-order valence-corrected chi connectivity index (χ1v) is 10.7. The Morgan fingerprint density at radius 2 is 1.82 bits per heavy atom. The number of amidine groups is 1. The van der Waals surface area contributed by atoms with Crippen LogP contribution in [0.3, 0.4) is 0 Å². The summed E-state index contributed by atoms with van der Waals surface area (Å²) in [4.78, 5) is 21.5. The third-order valence-electron chi connectivity index (χ3n) is 5.68. The number of nitrogens with one attached hydrogen (secondary N) is 1. The summed E-state index contributed by atoms with van der Waals surface area (Å²) < 4.78 is 25.0. The maximum Gasteiger partial charge on any atom is 0.321 e. The molecule has 1 fully saturated rings. The second-order valence-corrected chi connectivity index (χ2v) is 7.78. The van der Waals surface area contributed by atoms with Gasteiger partial charge in [-0.15, -0.1) is 0 Å². The van der Waals surface area contributed by atoms with E-state index >= 15 is 0 Å². The molecule has 2 heterocycles. The van der Waals surface area contributed by atoms with E-state index in [4.69, 9.17) is 14.5 Å². The zero-order valence-electron chi connectivity index (χ0n) is 18.1. The first-order valence-electron chi connectivity index (χ1n) is 10.7. The number of para-hydroxylation sites is 2. The molecule has 0 radical (unpaired) electrons. The zero-order valence-corrected chi connectivity index (χ0v) is 18.1. The number of benzene rings is 3. The number of ether oxygens (including phenoxy) is 2. The van der Waals surface area contributed by atoms with Crippen molar-refractivity contribution in [3.8, 4) is 17.2 Å². The lowest BCUT2D eigenvalue weighted by Crippen LogP contribution is -2.51. The monoisotopic (exact) mass is 446 g/mol. The van der Waals surface area contributed by atoms with Crippen molar-refractivity contribution in [1.82, 2.24) is 9.80 Å². The highest BCUT2D eigenvalue weighted by Gasteiger charge is 2.28. The molecule has 0 saturated carbocycles. The quantitative estimate of drug-likeness (QED) is 0.610. The molecule has 0 aliphatic carbocycles. The van der Waals surface area contributed by atoms with Gasteiger partial charge in [-0.1, -0.05) is 18.2 Å². The van der Waals surface area contributed by atoms with Gasteiger partial charge in [-0.05, 0) is 48.5 Å². The lowest BCUT2D eigenvalue weighted by atomic mass is 10.1. The summed E-state index contributed by atoms with van der Waals surface area (Å²) in [6.45, 7) is 2.19. The van der Waals surface area contributed by atoms with Crippen LogP contribution in [0, 0.1) is 5.82 Å². The Hall–Kier alpha value is -4.07. The van der Waals surface area contributed by atoms with Gasteiger partial charge in [-0.25, -0.2) is 14.2 Å². The van der Waals surface area contributed by atoms with Crippen molar-refractivity contribution in [2.75, 3.05) is 38.6 Å². The molecule has 3 aromatic rings. The van der Waals surface area contributed by atoms with Crippen LogP contribution in [0.25, 0.3) is 0 Å². The maximum atomic E-state index is 13.4. The number of aliphatic imine (C=N–C) groups is 1. The second kappa shape index (κ2) is 8.82. The molecule has 0 bridgehead atoms. The summed E-state index contributed by atoms with van der Waals surface area (Å²) in [5.41, 5.74) is 2.02. The Bertz CT molecular complexity index is 1220. The molecule has 0 atom stereocenters. The van der Waals surface area contributed by atoms with Crippen LogP contribution < -0.4 is 14.8 Å². The van der Waals surface area contributed by atoms with E-state index in [1.807, 2.05) is 42.5 Å². The molecule has 2 amide bonds. The fourth-order valence-corrected chi connectivity index (χ4v) is 3.96. The first kappa shape index (κ1) is 20.8. The smallest absolute Gasteiger partial charge is 0.321 e. The molecular formula is C25H23FN4O3. The van der Waals surface area contributed by atoms with Crippen LogP contribution in [0.4, 0.5) is 20.6 Å². The van der Waals surface area contributed by atoms with Gasteiger partial charge in [-0.2, -0.15) is 0 Å². The number of piperazine rings is 1. The molecule has 168 valence electrons. The van der Waals surface area contributed by atoms with Crippen molar-refractivity contribution in [2.24, 2.45) is 4.99 Å². The molecule has 1 saturated heterocycles. The van der Waals surface area contributed by atoms with Gasteiger partial charge in [0.2, 0.25) is 0 Å². The van der Waals surface area contributed by atoms with Crippen LogP contribution in [0.5, 0.6) is 17.2 Å². The van der Waals surface area contributed by atoms with Gasteiger partial charge in [-0.3, -0.25) is 0 Å². The SMILES string of the molecule is COc1ccc2c(c1)C(N1CCN(C(=O)Nc3cccc(F)c3)CC1)=Nc1ccccc1O2. The van der Waals surface area contributed by atoms with Crippen molar-refractivity contribution in [2.45, 2.75) is 0 Å². The highest BCUT2D eigenvalue weighted by atomic mass is 19.1. The van der Waals surface area contributed by atoms with Crippen LogP contribution in [0.15, 0.2) is 71.7 Å². The number of hydrogen-bond donors (Lipinski definition) is 1. The molecule has 1 N–H and O–H groups in total. The number of hydrogen-bond acceptors (Lipinski definition) is 5. The van der Waals surface area contributed by atoms with E-state index in [0.29, 0.717) is 49.1 Å². The molecule has 2 aliphatic heterocycles. The van der Waals surface area contributed by atoms with Crippen LogP contribution >= 0.6 is 0 Å². The molecule has 8 heteroatoms. The van der Waals surface area contributed by atoms with Crippen molar-refractivity contribution in [3.05, 3.63) is 78.1 Å². The molecule has 0 aromatic heterocycles. The fourth-order valence-electron chi connectivity index (χ4n) is 3.96. The summed E-state index contributed by atoms with van der Waals surface area (Å²) >= 11 is 0. The van der Waals surface area contributed by atoms with Crippen LogP contribution in [0.2, 0.25) is 0 Å². The minimum Gasteiger partial charge on any atom is -0.497 e.